The van der Waals surface area contributed by atoms with Crippen LogP contribution in [-0.2, 0) is 12.8 Å². The molecule has 13 heavy (non-hydrogen) atoms. The molecule has 1 heterocycles. The van der Waals surface area contributed by atoms with Gasteiger partial charge in [0.15, 0.2) is 0 Å². The van der Waals surface area contributed by atoms with Gasteiger partial charge in [-0.1, -0.05) is 24.3 Å². The molecular weight excluding hydrogens is 178 g/mol. The van der Waals surface area contributed by atoms with Crippen molar-refractivity contribution >= 4 is 11.3 Å². The SMILES string of the molecule is [c]1ccc(CCc2nccs2)cc1. The third-order valence-corrected chi connectivity index (χ3v) is 2.74. The van der Waals surface area contributed by atoms with Crippen molar-refractivity contribution in [3.8, 4) is 0 Å². The minimum absolute atomic E-state index is 1.04. The molecule has 1 radical (unpaired) electrons. The molecule has 0 fully saturated rings. The molecule has 0 aliphatic heterocycles. The van der Waals surface area contributed by atoms with Crippen molar-refractivity contribution in [2.24, 2.45) is 0 Å². The molecule has 0 saturated heterocycles. The number of rotatable bonds is 3. The minimum Gasteiger partial charge on any atom is -0.250 e. The van der Waals surface area contributed by atoms with Gasteiger partial charge in [-0.25, -0.2) is 4.98 Å². The van der Waals surface area contributed by atoms with Gasteiger partial charge < -0.3 is 0 Å². The molecule has 65 valence electrons. The molecule has 2 rings (SSSR count). The normalized spacial score (nSPS) is 10.2. The van der Waals surface area contributed by atoms with Gasteiger partial charge in [0, 0.05) is 18.0 Å². The van der Waals surface area contributed by atoms with Crippen molar-refractivity contribution in [3.05, 3.63) is 52.5 Å². The van der Waals surface area contributed by atoms with Gasteiger partial charge in [-0.3, -0.25) is 0 Å². The quantitative estimate of drug-likeness (QED) is 0.721. The van der Waals surface area contributed by atoms with Gasteiger partial charge in [-0.05, 0) is 18.1 Å². The first-order valence-electron chi connectivity index (χ1n) is 4.28. The molecule has 0 amide bonds. The van der Waals surface area contributed by atoms with Crippen molar-refractivity contribution in [3.63, 3.8) is 0 Å². The fourth-order valence-electron chi connectivity index (χ4n) is 1.22. The Bertz CT molecular complexity index is 340. The molecule has 0 aliphatic rings. The average molecular weight is 188 g/mol. The summed E-state index contributed by atoms with van der Waals surface area (Å²) >= 11 is 1.72. The number of aryl methyl sites for hydroxylation is 2. The Morgan fingerprint density at radius 1 is 1.23 bits per heavy atom. The van der Waals surface area contributed by atoms with Crippen molar-refractivity contribution in [1.29, 1.82) is 0 Å². The van der Waals surface area contributed by atoms with Gasteiger partial charge in [0.1, 0.15) is 0 Å². The van der Waals surface area contributed by atoms with Gasteiger partial charge in [0.25, 0.3) is 0 Å². The van der Waals surface area contributed by atoms with Crippen LogP contribution in [0.2, 0.25) is 0 Å². The lowest BCUT2D eigenvalue weighted by atomic mass is 10.1. The molecule has 1 aromatic carbocycles. The topological polar surface area (TPSA) is 12.9 Å². The lowest BCUT2D eigenvalue weighted by molar-refractivity contribution is 0.944. The average Bonchev–Trinajstić information content (AvgIpc) is 2.69. The Kier molecular flexibility index (Phi) is 2.72. The molecule has 0 bridgehead atoms. The summed E-state index contributed by atoms with van der Waals surface area (Å²) in [7, 11) is 0. The zero-order valence-electron chi connectivity index (χ0n) is 7.23. The Hall–Kier alpha value is -1.15. The van der Waals surface area contributed by atoms with Crippen LogP contribution in [0.3, 0.4) is 0 Å². The molecule has 0 aliphatic carbocycles. The largest absolute Gasteiger partial charge is 0.250 e. The second kappa shape index (κ2) is 4.19. The van der Waals surface area contributed by atoms with Crippen molar-refractivity contribution in [2.45, 2.75) is 12.8 Å². The highest BCUT2D eigenvalue weighted by molar-refractivity contribution is 7.09. The molecule has 2 aromatic rings. The number of hydrogen-bond acceptors (Lipinski definition) is 2. The predicted molar refractivity (Wildman–Crippen MR) is 54.8 cm³/mol. The van der Waals surface area contributed by atoms with E-state index in [4.69, 9.17) is 0 Å². The molecule has 0 unspecified atom stereocenters. The molecular formula is C11H10NS. The van der Waals surface area contributed by atoms with Gasteiger partial charge >= 0.3 is 0 Å². The highest BCUT2D eigenvalue weighted by Crippen LogP contribution is 2.08. The van der Waals surface area contributed by atoms with Gasteiger partial charge in [0.05, 0.1) is 5.01 Å². The molecule has 0 saturated carbocycles. The Morgan fingerprint density at radius 2 is 2.08 bits per heavy atom. The summed E-state index contributed by atoms with van der Waals surface area (Å²) in [6.07, 6.45) is 3.97. The van der Waals surface area contributed by atoms with E-state index < -0.39 is 0 Å². The standard InChI is InChI=1S/C11H10NS/c1-2-4-10(5-3-1)6-7-11-12-8-9-13-11/h2-5,8-9H,6-7H2. The van der Waals surface area contributed by atoms with E-state index in [2.05, 4.69) is 23.2 Å². The predicted octanol–water partition coefficient (Wildman–Crippen LogP) is 2.73. The Labute approximate surface area is 82.1 Å². The second-order valence-corrected chi connectivity index (χ2v) is 3.81. The molecule has 0 N–H and O–H groups in total. The zero-order chi connectivity index (χ0) is 8.93. The summed E-state index contributed by atoms with van der Waals surface area (Å²) in [5, 5.41) is 3.24. The van der Waals surface area contributed by atoms with E-state index in [1.807, 2.05) is 23.7 Å². The monoisotopic (exact) mass is 188 g/mol. The van der Waals surface area contributed by atoms with Gasteiger partial charge in [-0.2, -0.15) is 0 Å². The smallest absolute Gasteiger partial charge is 0.0928 e. The van der Waals surface area contributed by atoms with E-state index in [0.717, 1.165) is 12.8 Å². The first-order chi connectivity index (χ1) is 6.45. The molecule has 2 heteroatoms. The van der Waals surface area contributed by atoms with E-state index in [9.17, 15) is 0 Å². The fraction of sp³-hybridized carbons (Fsp3) is 0.182. The third-order valence-electron chi connectivity index (χ3n) is 1.90. The lowest BCUT2D eigenvalue weighted by Crippen LogP contribution is -1.89. The first-order valence-corrected chi connectivity index (χ1v) is 5.16. The maximum absolute atomic E-state index is 4.24. The van der Waals surface area contributed by atoms with Crippen LogP contribution < -0.4 is 0 Å². The maximum atomic E-state index is 4.24. The van der Waals surface area contributed by atoms with Crippen LogP contribution in [0.25, 0.3) is 0 Å². The maximum Gasteiger partial charge on any atom is 0.0928 e. The third kappa shape index (κ3) is 2.39. The number of nitrogens with zero attached hydrogens (tertiary/aromatic N) is 1. The summed E-state index contributed by atoms with van der Waals surface area (Å²) in [6, 6.07) is 11.1. The summed E-state index contributed by atoms with van der Waals surface area (Å²) < 4.78 is 0. The van der Waals surface area contributed by atoms with Crippen molar-refractivity contribution in [1.82, 2.24) is 4.98 Å². The lowest BCUT2D eigenvalue weighted by Gasteiger charge is -1.97. The van der Waals surface area contributed by atoms with Crippen molar-refractivity contribution in [2.75, 3.05) is 0 Å². The first kappa shape index (κ1) is 8.45. The van der Waals surface area contributed by atoms with Crippen LogP contribution in [0.15, 0.2) is 35.8 Å². The van der Waals surface area contributed by atoms with Crippen LogP contribution in [0.5, 0.6) is 0 Å². The highest BCUT2D eigenvalue weighted by Gasteiger charge is 1.96. The number of aromatic nitrogens is 1. The van der Waals surface area contributed by atoms with E-state index >= 15 is 0 Å². The van der Waals surface area contributed by atoms with Gasteiger partial charge in [-0.15, -0.1) is 11.3 Å². The minimum atomic E-state index is 1.04. The van der Waals surface area contributed by atoms with Gasteiger partial charge in [0.2, 0.25) is 0 Å². The Morgan fingerprint density at radius 3 is 2.77 bits per heavy atom. The van der Waals surface area contributed by atoms with Crippen LogP contribution in [-0.4, -0.2) is 4.98 Å². The highest BCUT2D eigenvalue weighted by atomic mass is 32.1. The number of thiazole rings is 1. The molecule has 1 nitrogen and oxygen atoms in total. The summed E-state index contributed by atoms with van der Waals surface area (Å²) in [4.78, 5) is 4.24. The molecule has 0 atom stereocenters. The van der Waals surface area contributed by atoms with E-state index in [1.54, 1.807) is 11.3 Å². The fourth-order valence-corrected chi connectivity index (χ4v) is 1.84. The second-order valence-electron chi connectivity index (χ2n) is 2.83. The van der Waals surface area contributed by atoms with E-state index in [0.29, 0.717) is 0 Å². The summed E-state index contributed by atoms with van der Waals surface area (Å²) in [5.74, 6) is 0. The van der Waals surface area contributed by atoms with Crippen LogP contribution in [0.1, 0.15) is 10.6 Å². The number of hydrogen-bond donors (Lipinski definition) is 0. The van der Waals surface area contributed by atoms with Crippen LogP contribution >= 0.6 is 11.3 Å². The van der Waals surface area contributed by atoms with Crippen molar-refractivity contribution < 1.29 is 0 Å². The zero-order valence-corrected chi connectivity index (χ0v) is 8.05. The van der Waals surface area contributed by atoms with Crippen LogP contribution in [0, 0.1) is 6.07 Å². The summed E-state index contributed by atoms with van der Waals surface area (Å²) in [6.45, 7) is 0. The number of benzene rings is 1. The van der Waals surface area contributed by atoms with E-state index in [-0.39, 0.29) is 0 Å². The molecule has 0 spiro atoms. The van der Waals surface area contributed by atoms with Crippen LogP contribution in [0.4, 0.5) is 0 Å². The summed E-state index contributed by atoms with van der Waals surface area (Å²) in [5.41, 5.74) is 1.36. The Balaban J connectivity index is 1.94. The van der Waals surface area contributed by atoms with E-state index in [1.165, 1.54) is 10.6 Å². The molecule has 1 aromatic heterocycles.